The molecule has 1 fully saturated rings. The molecule has 2 aliphatic rings. The number of rotatable bonds is 5. The van der Waals surface area contributed by atoms with E-state index in [-0.39, 0.29) is 25.2 Å². The molecule has 30 heavy (non-hydrogen) atoms. The Labute approximate surface area is 176 Å². The first-order valence-electron chi connectivity index (χ1n) is 10.3. The van der Waals surface area contributed by atoms with Crippen LogP contribution in [0.25, 0.3) is 0 Å². The average Bonchev–Trinajstić information content (AvgIpc) is 3.11. The van der Waals surface area contributed by atoms with Gasteiger partial charge in [-0.3, -0.25) is 9.59 Å². The zero-order valence-corrected chi connectivity index (χ0v) is 17.1. The molecule has 2 aromatic carbocycles. The van der Waals surface area contributed by atoms with Crippen LogP contribution in [-0.4, -0.2) is 61.2 Å². The van der Waals surface area contributed by atoms with Gasteiger partial charge < -0.3 is 24.0 Å². The smallest absolute Gasteiger partial charge is 0.260 e. The van der Waals surface area contributed by atoms with E-state index in [1.54, 1.807) is 28.0 Å². The molecule has 2 aromatic rings. The molecule has 158 valence electrons. The van der Waals surface area contributed by atoms with E-state index < -0.39 is 0 Å². The van der Waals surface area contributed by atoms with E-state index in [0.717, 1.165) is 24.2 Å². The number of carbonyl (C=O) groups is 2. The minimum atomic E-state index is -0.0595. The third-order valence-electron chi connectivity index (χ3n) is 5.46. The molecular weight excluding hydrogens is 384 g/mol. The summed E-state index contributed by atoms with van der Waals surface area (Å²) in [6.07, 6.45) is 1.58. The fourth-order valence-electron chi connectivity index (χ4n) is 3.75. The van der Waals surface area contributed by atoms with E-state index in [0.29, 0.717) is 43.2 Å². The van der Waals surface area contributed by atoms with Crippen molar-refractivity contribution in [3.8, 4) is 17.2 Å². The van der Waals surface area contributed by atoms with Crippen LogP contribution in [0, 0.1) is 0 Å². The second-order valence-electron chi connectivity index (χ2n) is 7.34. The number of fused-ring (bicyclic) bond motifs is 1. The molecule has 7 nitrogen and oxygen atoms in total. The van der Waals surface area contributed by atoms with E-state index >= 15 is 0 Å². The van der Waals surface area contributed by atoms with Crippen molar-refractivity contribution in [3.05, 3.63) is 53.6 Å². The summed E-state index contributed by atoms with van der Waals surface area (Å²) in [5.41, 5.74) is 1.65. The summed E-state index contributed by atoms with van der Waals surface area (Å²) in [5.74, 6) is 1.89. The van der Waals surface area contributed by atoms with Gasteiger partial charge in [0, 0.05) is 31.7 Å². The maximum absolute atomic E-state index is 12.9. The number of hydrogen-bond donors (Lipinski definition) is 0. The summed E-state index contributed by atoms with van der Waals surface area (Å²) in [5, 5.41) is 0. The molecule has 0 aromatic heterocycles. The van der Waals surface area contributed by atoms with Gasteiger partial charge in [0.15, 0.2) is 18.1 Å². The molecule has 7 heteroatoms. The second-order valence-corrected chi connectivity index (χ2v) is 7.34. The lowest BCUT2D eigenvalue weighted by Crippen LogP contribution is -2.39. The topological polar surface area (TPSA) is 68.3 Å². The summed E-state index contributed by atoms with van der Waals surface area (Å²) >= 11 is 0. The van der Waals surface area contributed by atoms with Crippen molar-refractivity contribution in [1.82, 2.24) is 9.80 Å². The first-order valence-corrected chi connectivity index (χ1v) is 10.3. The third-order valence-corrected chi connectivity index (χ3v) is 5.46. The van der Waals surface area contributed by atoms with E-state index in [2.05, 4.69) is 6.92 Å². The Morgan fingerprint density at radius 3 is 2.60 bits per heavy atom. The van der Waals surface area contributed by atoms with Gasteiger partial charge in [-0.2, -0.15) is 0 Å². The van der Waals surface area contributed by atoms with Crippen molar-refractivity contribution in [1.29, 1.82) is 0 Å². The van der Waals surface area contributed by atoms with Gasteiger partial charge in [-0.25, -0.2) is 0 Å². The normalized spacial score (nSPS) is 15.6. The number of ether oxygens (including phenoxy) is 3. The van der Waals surface area contributed by atoms with Crippen molar-refractivity contribution < 1.29 is 23.8 Å². The van der Waals surface area contributed by atoms with E-state index in [1.165, 1.54) is 0 Å². The predicted octanol–water partition coefficient (Wildman–Crippen LogP) is 2.73. The number of amides is 2. The Kier molecular flexibility index (Phi) is 6.07. The molecular formula is C23H26N2O5. The zero-order valence-electron chi connectivity index (χ0n) is 17.1. The molecule has 0 N–H and O–H groups in total. The lowest BCUT2D eigenvalue weighted by atomic mass is 10.1. The van der Waals surface area contributed by atoms with E-state index in [9.17, 15) is 9.59 Å². The van der Waals surface area contributed by atoms with Crippen LogP contribution in [0.1, 0.15) is 29.3 Å². The SMILES string of the molecule is CCc1ccccc1OCC(=O)N1CCCN(C(=O)c2ccc3c(c2)OCO3)CC1. The van der Waals surface area contributed by atoms with Gasteiger partial charge in [0.2, 0.25) is 6.79 Å². The molecule has 0 unspecified atom stereocenters. The molecule has 0 aliphatic carbocycles. The third kappa shape index (κ3) is 4.35. The largest absolute Gasteiger partial charge is 0.483 e. The van der Waals surface area contributed by atoms with E-state index in [4.69, 9.17) is 14.2 Å². The number of aryl methyl sites for hydroxylation is 1. The highest BCUT2D eigenvalue weighted by atomic mass is 16.7. The van der Waals surface area contributed by atoms with Gasteiger partial charge in [-0.15, -0.1) is 0 Å². The molecule has 1 saturated heterocycles. The lowest BCUT2D eigenvalue weighted by molar-refractivity contribution is -0.133. The van der Waals surface area contributed by atoms with Gasteiger partial charge in [0.25, 0.3) is 11.8 Å². The Bertz CT molecular complexity index is 930. The highest BCUT2D eigenvalue weighted by molar-refractivity contribution is 5.95. The van der Waals surface area contributed by atoms with Gasteiger partial charge in [-0.1, -0.05) is 25.1 Å². The van der Waals surface area contributed by atoms with Gasteiger partial charge in [0.05, 0.1) is 0 Å². The first-order chi connectivity index (χ1) is 14.7. The van der Waals surface area contributed by atoms with Gasteiger partial charge in [-0.05, 0) is 42.7 Å². The minimum absolute atomic E-state index is 0.00706. The molecule has 2 amide bonds. The molecule has 0 atom stereocenters. The summed E-state index contributed by atoms with van der Waals surface area (Å²) in [4.78, 5) is 29.1. The number of para-hydroxylation sites is 1. The fraction of sp³-hybridized carbons (Fsp3) is 0.391. The van der Waals surface area contributed by atoms with Crippen LogP contribution in [0.3, 0.4) is 0 Å². The molecule has 0 radical (unpaired) electrons. The van der Waals surface area contributed by atoms with Gasteiger partial charge in [0.1, 0.15) is 5.75 Å². The molecule has 0 bridgehead atoms. The monoisotopic (exact) mass is 410 g/mol. The van der Waals surface area contributed by atoms with Crippen LogP contribution in [-0.2, 0) is 11.2 Å². The number of carbonyl (C=O) groups excluding carboxylic acids is 2. The van der Waals surface area contributed by atoms with Crippen LogP contribution in [0.4, 0.5) is 0 Å². The summed E-state index contributed by atoms with van der Waals surface area (Å²) in [6, 6.07) is 13.0. The highest BCUT2D eigenvalue weighted by Crippen LogP contribution is 2.32. The lowest BCUT2D eigenvalue weighted by Gasteiger charge is -2.22. The zero-order chi connectivity index (χ0) is 20.9. The Morgan fingerprint density at radius 2 is 1.73 bits per heavy atom. The van der Waals surface area contributed by atoms with Crippen molar-refractivity contribution in [2.45, 2.75) is 19.8 Å². The summed E-state index contributed by atoms with van der Waals surface area (Å²) in [7, 11) is 0. The molecule has 2 aliphatic heterocycles. The summed E-state index contributed by atoms with van der Waals surface area (Å²) in [6.45, 7) is 4.45. The van der Waals surface area contributed by atoms with Crippen LogP contribution < -0.4 is 14.2 Å². The maximum atomic E-state index is 12.9. The Balaban J connectivity index is 1.33. The highest BCUT2D eigenvalue weighted by Gasteiger charge is 2.24. The molecule has 0 spiro atoms. The maximum Gasteiger partial charge on any atom is 0.260 e. The predicted molar refractivity (Wildman–Crippen MR) is 111 cm³/mol. The quantitative estimate of drug-likeness (QED) is 0.758. The van der Waals surface area contributed by atoms with Crippen LogP contribution in [0.2, 0.25) is 0 Å². The average molecular weight is 410 g/mol. The standard InChI is InChI=1S/C23H26N2O5/c1-2-17-6-3-4-7-19(17)28-15-22(26)24-10-5-11-25(13-12-24)23(27)18-8-9-20-21(14-18)30-16-29-20/h3-4,6-9,14H,2,5,10-13,15-16H2,1H3. The molecule has 4 rings (SSSR count). The molecule has 2 heterocycles. The van der Waals surface area contributed by atoms with Crippen LogP contribution in [0.5, 0.6) is 17.2 Å². The van der Waals surface area contributed by atoms with Crippen LogP contribution in [0.15, 0.2) is 42.5 Å². The second kappa shape index (κ2) is 9.07. The first kappa shape index (κ1) is 20.1. The number of hydrogen-bond acceptors (Lipinski definition) is 5. The van der Waals surface area contributed by atoms with Crippen molar-refractivity contribution >= 4 is 11.8 Å². The van der Waals surface area contributed by atoms with Gasteiger partial charge >= 0.3 is 0 Å². The number of nitrogens with zero attached hydrogens (tertiary/aromatic N) is 2. The number of benzene rings is 2. The van der Waals surface area contributed by atoms with E-state index in [1.807, 2.05) is 24.3 Å². The molecule has 0 saturated carbocycles. The fourth-order valence-corrected chi connectivity index (χ4v) is 3.75. The Morgan fingerprint density at radius 1 is 0.967 bits per heavy atom. The van der Waals surface area contributed by atoms with Crippen molar-refractivity contribution in [2.75, 3.05) is 39.6 Å². The van der Waals surface area contributed by atoms with Crippen molar-refractivity contribution in [3.63, 3.8) is 0 Å². The van der Waals surface area contributed by atoms with Crippen LogP contribution >= 0.6 is 0 Å². The summed E-state index contributed by atoms with van der Waals surface area (Å²) < 4.78 is 16.4. The van der Waals surface area contributed by atoms with Crippen molar-refractivity contribution in [2.24, 2.45) is 0 Å². The Hall–Kier alpha value is -3.22. The minimum Gasteiger partial charge on any atom is -0.483 e.